The number of hydrogen-bond acceptors (Lipinski definition) is 1. The van der Waals surface area contributed by atoms with E-state index in [2.05, 4.69) is 5.32 Å². The van der Waals surface area contributed by atoms with E-state index in [1.54, 1.807) is 0 Å². The molecule has 2 N–H and O–H groups in total. The molecule has 0 heterocycles. The zero-order valence-electron chi connectivity index (χ0n) is 9.85. The second-order valence-electron chi connectivity index (χ2n) is 4.18. The van der Waals surface area contributed by atoms with E-state index in [9.17, 15) is 4.79 Å². The largest absolute Gasteiger partial charge is 0.332 e. The molecule has 1 aromatic carbocycles. The van der Waals surface area contributed by atoms with Gasteiger partial charge in [-0.05, 0) is 31.0 Å². The van der Waals surface area contributed by atoms with Gasteiger partial charge in [-0.3, -0.25) is 4.79 Å². The Bertz CT molecular complexity index is 359. The van der Waals surface area contributed by atoms with Gasteiger partial charge in [-0.15, -0.1) is 0 Å². The average Bonchev–Trinajstić information content (AvgIpc) is 2.11. The normalized spacial score (nSPS) is 10.5. The van der Waals surface area contributed by atoms with Gasteiger partial charge in [-0.1, -0.05) is 12.1 Å². The van der Waals surface area contributed by atoms with Crippen molar-refractivity contribution in [3.8, 4) is 0 Å². The highest BCUT2D eigenvalue weighted by molar-refractivity contribution is 5.92. The number of carbonyl (C=O) groups excluding carboxylic acids is 1. The summed E-state index contributed by atoms with van der Waals surface area (Å²) in [5.74, 6) is 0.0590. The Labute approximate surface area is 91.1 Å². The SMILES string of the molecule is Cc1cccc(NC(=O)C[NH+](C)C)c1C. The molecule has 0 saturated carbocycles. The molecule has 0 fully saturated rings. The molecule has 0 bridgehead atoms. The lowest BCUT2D eigenvalue weighted by Gasteiger charge is -2.11. The second kappa shape index (κ2) is 4.94. The van der Waals surface area contributed by atoms with E-state index in [1.807, 2.05) is 46.1 Å². The minimum atomic E-state index is 0.0590. The molecule has 1 rings (SSSR count). The molecule has 3 nitrogen and oxygen atoms in total. The Morgan fingerprint density at radius 1 is 1.33 bits per heavy atom. The predicted octanol–water partition coefficient (Wildman–Crippen LogP) is 0.386. The third-order valence-corrected chi connectivity index (χ3v) is 2.39. The second-order valence-corrected chi connectivity index (χ2v) is 4.18. The summed E-state index contributed by atoms with van der Waals surface area (Å²) >= 11 is 0. The first-order valence-electron chi connectivity index (χ1n) is 5.16. The summed E-state index contributed by atoms with van der Waals surface area (Å²) in [7, 11) is 3.92. The highest BCUT2D eigenvalue weighted by atomic mass is 16.2. The molecule has 0 saturated heterocycles. The average molecular weight is 207 g/mol. The number of carbonyl (C=O) groups is 1. The lowest BCUT2D eigenvalue weighted by atomic mass is 10.1. The summed E-state index contributed by atoms with van der Waals surface area (Å²) in [6.45, 7) is 4.56. The van der Waals surface area contributed by atoms with Gasteiger partial charge in [0, 0.05) is 5.69 Å². The van der Waals surface area contributed by atoms with Crippen molar-refractivity contribution in [2.45, 2.75) is 13.8 Å². The topological polar surface area (TPSA) is 33.5 Å². The van der Waals surface area contributed by atoms with Crippen LogP contribution < -0.4 is 10.2 Å². The number of rotatable bonds is 3. The molecule has 1 amide bonds. The van der Waals surface area contributed by atoms with Crippen molar-refractivity contribution in [2.75, 3.05) is 26.0 Å². The van der Waals surface area contributed by atoms with E-state index in [1.165, 1.54) is 5.56 Å². The maximum Gasteiger partial charge on any atom is 0.279 e. The highest BCUT2D eigenvalue weighted by Crippen LogP contribution is 2.17. The maximum atomic E-state index is 11.6. The summed E-state index contributed by atoms with van der Waals surface area (Å²) in [6, 6.07) is 5.94. The summed E-state index contributed by atoms with van der Waals surface area (Å²) < 4.78 is 0. The van der Waals surface area contributed by atoms with Gasteiger partial charge in [0.15, 0.2) is 6.54 Å². The molecule has 0 unspecified atom stereocenters. The van der Waals surface area contributed by atoms with Gasteiger partial charge >= 0.3 is 0 Å². The Hall–Kier alpha value is -1.35. The van der Waals surface area contributed by atoms with Crippen molar-refractivity contribution < 1.29 is 9.69 Å². The zero-order chi connectivity index (χ0) is 11.4. The van der Waals surface area contributed by atoms with Gasteiger partial charge in [0.25, 0.3) is 5.91 Å². The fourth-order valence-electron chi connectivity index (χ4n) is 1.40. The van der Waals surface area contributed by atoms with Crippen LogP contribution in [0.4, 0.5) is 5.69 Å². The Morgan fingerprint density at radius 3 is 2.60 bits per heavy atom. The number of nitrogens with one attached hydrogen (secondary N) is 2. The number of hydrogen-bond donors (Lipinski definition) is 2. The van der Waals surface area contributed by atoms with Crippen molar-refractivity contribution in [1.82, 2.24) is 0 Å². The van der Waals surface area contributed by atoms with Crippen molar-refractivity contribution in [1.29, 1.82) is 0 Å². The summed E-state index contributed by atoms with van der Waals surface area (Å²) in [5, 5.41) is 2.92. The number of anilines is 1. The van der Waals surface area contributed by atoms with Gasteiger partial charge in [-0.2, -0.15) is 0 Å². The third-order valence-electron chi connectivity index (χ3n) is 2.39. The van der Waals surface area contributed by atoms with Crippen LogP contribution in [0.15, 0.2) is 18.2 Å². The first-order valence-corrected chi connectivity index (χ1v) is 5.16. The van der Waals surface area contributed by atoms with Gasteiger partial charge in [0.1, 0.15) is 0 Å². The van der Waals surface area contributed by atoms with Crippen molar-refractivity contribution >= 4 is 11.6 Å². The van der Waals surface area contributed by atoms with Crippen LogP contribution in [-0.2, 0) is 4.79 Å². The molecule has 0 aromatic heterocycles. The first kappa shape index (κ1) is 11.7. The first-order chi connectivity index (χ1) is 7.00. The molecule has 0 radical (unpaired) electrons. The molecule has 15 heavy (non-hydrogen) atoms. The summed E-state index contributed by atoms with van der Waals surface area (Å²) in [4.78, 5) is 12.7. The van der Waals surface area contributed by atoms with E-state index >= 15 is 0 Å². The van der Waals surface area contributed by atoms with E-state index in [4.69, 9.17) is 0 Å². The van der Waals surface area contributed by atoms with Crippen LogP contribution in [0.5, 0.6) is 0 Å². The lowest BCUT2D eigenvalue weighted by molar-refractivity contribution is -0.849. The number of benzene rings is 1. The van der Waals surface area contributed by atoms with E-state index in [-0.39, 0.29) is 5.91 Å². The van der Waals surface area contributed by atoms with Gasteiger partial charge < -0.3 is 10.2 Å². The standard InChI is InChI=1S/C12H18N2O/c1-9-6-5-7-11(10(9)2)13-12(15)8-14(3)4/h5-7H,8H2,1-4H3,(H,13,15)/p+1. The molecular weight excluding hydrogens is 188 g/mol. The van der Waals surface area contributed by atoms with Gasteiger partial charge in [0.2, 0.25) is 0 Å². The van der Waals surface area contributed by atoms with Crippen LogP contribution in [0.3, 0.4) is 0 Å². The zero-order valence-corrected chi connectivity index (χ0v) is 9.85. The predicted molar refractivity (Wildman–Crippen MR) is 62.2 cm³/mol. The van der Waals surface area contributed by atoms with Crippen molar-refractivity contribution in [3.63, 3.8) is 0 Å². The smallest absolute Gasteiger partial charge is 0.279 e. The monoisotopic (exact) mass is 207 g/mol. The molecule has 0 spiro atoms. The van der Waals surface area contributed by atoms with Crippen LogP contribution in [0.1, 0.15) is 11.1 Å². The quantitative estimate of drug-likeness (QED) is 0.738. The number of amides is 1. The summed E-state index contributed by atoms with van der Waals surface area (Å²) in [5.41, 5.74) is 3.26. The third kappa shape index (κ3) is 3.36. The van der Waals surface area contributed by atoms with Crippen LogP contribution in [0.2, 0.25) is 0 Å². The van der Waals surface area contributed by atoms with E-state index < -0.39 is 0 Å². The minimum Gasteiger partial charge on any atom is -0.332 e. The lowest BCUT2D eigenvalue weighted by Crippen LogP contribution is -3.06. The molecule has 0 aliphatic rings. The number of aryl methyl sites for hydroxylation is 1. The maximum absolute atomic E-state index is 11.6. The Morgan fingerprint density at radius 2 is 2.00 bits per heavy atom. The van der Waals surface area contributed by atoms with Crippen LogP contribution in [0, 0.1) is 13.8 Å². The fourth-order valence-corrected chi connectivity index (χ4v) is 1.40. The molecule has 1 aromatic rings. The van der Waals surface area contributed by atoms with Crippen LogP contribution >= 0.6 is 0 Å². The van der Waals surface area contributed by atoms with E-state index in [0.29, 0.717) is 6.54 Å². The molecule has 82 valence electrons. The van der Waals surface area contributed by atoms with Crippen LogP contribution in [0.25, 0.3) is 0 Å². The number of quaternary nitrogens is 1. The minimum absolute atomic E-state index is 0.0590. The molecular formula is C12H19N2O+. The van der Waals surface area contributed by atoms with Crippen molar-refractivity contribution in [3.05, 3.63) is 29.3 Å². The number of likely N-dealkylation sites (N-methyl/N-ethyl adjacent to an activating group) is 1. The molecule has 3 heteroatoms. The summed E-state index contributed by atoms with van der Waals surface area (Å²) in [6.07, 6.45) is 0. The molecule has 0 aliphatic carbocycles. The van der Waals surface area contributed by atoms with Gasteiger partial charge in [0.05, 0.1) is 14.1 Å². The molecule has 0 aliphatic heterocycles. The molecule has 0 atom stereocenters. The Kier molecular flexibility index (Phi) is 3.86. The fraction of sp³-hybridized carbons (Fsp3) is 0.417. The van der Waals surface area contributed by atoms with E-state index in [0.717, 1.165) is 16.2 Å². The Balaban J connectivity index is 2.73. The highest BCUT2D eigenvalue weighted by Gasteiger charge is 2.08. The van der Waals surface area contributed by atoms with Crippen LogP contribution in [-0.4, -0.2) is 26.5 Å². The van der Waals surface area contributed by atoms with Gasteiger partial charge in [-0.25, -0.2) is 0 Å². The van der Waals surface area contributed by atoms with Crippen molar-refractivity contribution in [2.24, 2.45) is 0 Å².